The summed E-state index contributed by atoms with van der Waals surface area (Å²) >= 11 is 0. The Balaban J connectivity index is 1.34. The van der Waals surface area contributed by atoms with Crippen molar-refractivity contribution in [3.63, 3.8) is 0 Å². The number of sulfonamides is 1. The van der Waals surface area contributed by atoms with Gasteiger partial charge in [-0.25, -0.2) is 13.1 Å². The van der Waals surface area contributed by atoms with Crippen molar-refractivity contribution < 1.29 is 22.8 Å². The highest BCUT2D eigenvalue weighted by Crippen LogP contribution is 2.23. The average Bonchev–Trinajstić information content (AvgIpc) is 3.58. The molecule has 1 aliphatic carbocycles. The van der Waals surface area contributed by atoms with Gasteiger partial charge < -0.3 is 10.2 Å². The number of amides is 2. The van der Waals surface area contributed by atoms with Crippen molar-refractivity contribution >= 4 is 27.5 Å². The molecule has 2 amide bonds. The van der Waals surface area contributed by atoms with Crippen molar-refractivity contribution in [1.29, 1.82) is 0 Å². The molecule has 10 heteroatoms. The first-order valence-electron chi connectivity index (χ1n) is 11.9. The van der Waals surface area contributed by atoms with Gasteiger partial charge in [-0.1, -0.05) is 12.1 Å². The molecule has 188 valence electrons. The third-order valence-corrected chi connectivity index (χ3v) is 7.84. The van der Waals surface area contributed by atoms with Crippen molar-refractivity contribution in [2.45, 2.75) is 69.2 Å². The van der Waals surface area contributed by atoms with Gasteiger partial charge in [0.15, 0.2) is 0 Å². The summed E-state index contributed by atoms with van der Waals surface area (Å²) in [7, 11) is -3.51. The molecule has 2 aromatic carbocycles. The number of nitrogens with zero attached hydrogens (tertiary/aromatic N) is 1. The smallest absolute Gasteiger partial charge is 0.254 e. The third-order valence-electron chi connectivity index (χ3n) is 6.31. The summed E-state index contributed by atoms with van der Waals surface area (Å²) in [6.07, 6.45) is 1.73. The lowest BCUT2D eigenvalue weighted by molar-refractivity contribution is -0.115. The molecule has 1 aliphatic heterocycles. The zero-order valence-electron chi connectivity index (χ0n) is 20.2. The van der Waals surface area contributed by atoms with Gasteiger partial charge in [-0.15, -0.1) is 0 Å². The Kier molecular flexibility index (Phi) is 7.56. The molecule has 1 saturated heterocycles. The van der Waals surface area contributed by atoms with Crippen LogP contribution in [0.3, 0.4) is 0 Å². The van der Waals surface area contributed by atoms with Crippen LogP contribution in [-0.4, -0.2) is 55.9 Å². The van der Waals surface area contributed by atoms with E-state index in [9.17, 15) is 18.0 Å². The van der Waals surface area contributed by atoms with E-state index in [-0.39, 0.29) is 47.4 Å². The fraction of sp³-hybridized carbons (Fsp3) is 0.440. The van der Waals surface area contributed by atoms with Gasteiger partial charge in [0, 0.05) is 23.8 Å². The topological polar surface area (TPSA) is 117 Å². The molecule has 1 heterocycles. The monoisotopic (exact) mass is 500 g/mol. The van der Waals surface area contributed by atoms with Crippen LogP contribution in [-0.2, 0) is 26.1 Å². The summed E-state index contributed by atoms with van der Waals surface area (Å²) in [5.41, 5.74) is 4.75. The Morgan fingerprint density at radius 1 is 1.06 bits per heavy atom. The van der Waals surface area contributed by atoms with Crippen molar-refractivity contribution in [3.05, 3.63) is 59.7 Å². The fourth-order valence-corrected chi connectivity index (χ4v) is 5.61. The van der Waals surface area contributed by atoms with Gasteiger partial charge in [0.05, 0.1) is 29.5 Å². The number of anilines is 1. The lowest BCUT2D eigenvalue weighted by Crippen LogP contribution is -2.49. The molecule has 0 spiro atoms. The minimum Gasteiger partial charge on any atom is -0.332 e. The molecule has 0 bridgehead atoms. The molecule has 35 heavy (non-hydrogen) atoms. The van der Waals surface area contributed by atoms with E-state index in [1.807, 2.05) is 20.8 Å². The number of rotatable bonds is 9. The molecular formula is C25H32N4O5S. The summed E-state index contributed by atoms with van der Waals surface area (Å²) in [5, 5.41) is 2.82. The van der Waals surface area contributed by atoms with Gasteiger partial charge in [0.2, 0.25) is 15.9 Å². The van der Waals surface area contributed by atoms with Gasteiger partial charge in [-0.05, 0) is 75.6 Å². The highest BCUT2D eigenvalue weighted by atomic mass is 32.2. The fourth-order valence-electron chi connectivity index (χ4n) is 4.30. The summed E-state index contributed by atoms with van der Waals surface area (Å²) in [6, 6.07) is 13.1. The molecule has 3 N–H and O–H groups in total. The number of carbonyl (C=O) groups is 2. The van der Waals surface area contributed by atoms with E-state index in [4.69, 9.17) is 4.84 Å². The maximum atomic E-state index is 13.1. The number of hydrogen-bond acceptors (Lipinski definition) is 6. The number of hydroxylamine groups is 1. The van der Waals surface area contributed by atoms with Gasteiger partial charge >= 0.3 is 0 Å². The van der Waals surface area contributed by atoms with Crippen LogP contribution in [0.15, 0.2) is 53.4 Å². The van der Waals surface area contributed by atoms with Crippen molar-refractivity contribution in [2.75, 3.05) is 11.9 Å². The number of likely N-dealkylation sites (N-methyl/N-ethyl adjacent to an activating group) is 1. The standard InChI is InChI=1S/C25H32N4O5S/c1-4-29(24-16(2)27-34-17(24)3)25(31)19-7-9-20(10-8-19)26-23(30)15-18-5-13-22(14-6-18)35(32,33)28-21-11-12-21/h5-10,13-14,16-17,21,24,27-28H,4,11-12,15H2,1-3H3,(H,26,30). The SMILES string of the molecule is CCN(C(=O)c1ccc(NC(=O)Cc2ccc(S(=O)(=O)NC3CC3)cc2)cc1)C1C(C)NOC1C. The molecular weight excluding hydrogens is 468 g/mol. The van der Waals surface area contributed by atoms with Gasteiger partial charge in [-0.2, -0.15) is 5.48 Å². The molecule has 0 radical (unpaired) electrons. The zero-order valence-corrected chi connectivity index (χ0v) is 21.0. The predicted octanol–water partition coefficient (Wildman–Crippen LogP) is 2.45. The molecule has 2 aliphatic rings. The van der Waals surface area contributed by atoms with Crippen LogP contribution in [0.1, 0.15) is 49.5 Å². The van der Waals surface area contributed by atoms with E-state index in [1.54, 1.807) is 41.3 Å². The van der Waals surface area contributed by atoms with Crippen molar-refractivity contribution in [1.82, 2.24) is 15.1 Å². The first-order valence-corrected chi connectivity index (χ1v) is 13.4. The van der Waals surface area contributed by atoms with Crippen LogP contribution in [0.25, 0.3) is 0 Å². The number of carbonyl (C=O) groups excluding carboxylic acids is 2. The molecule has 0 aromatic heterocycles. The van der Waals surface area contributed by atoms with Crippen LogP contribution in [0.5, 0.6) is 0 Å². The number of benzene rings is 2. The second-order valence-electron chi connectivity index (χ2n) is 9.15. The maximum Gasteiger partial charge on any atom is 0.254 e. The Bertz CT molecular complexity index is 1150. The highest BCUT2D eigenvalue weighted by molar-refractivity contribution is 7.89. The predicted molar refractivity (Wildman–Crippen MR) is 132 cm³/mol. The van der Waals surface area contributed by atoms with E-state index in [1.165, 1.54) is 12.1 Å². The molecule has 4 rings (SSSR count). The molecule has 3 atom stereocenters. The summed E-state index contributed by atoms with van der Waals surface area (Å²) in [5.74, 6) is -0.324. The lowest BCUT2D eigenvalue weighted by Gasteiger charge is -2.31. The minimum atomic E-state index is -3.51. The van der Waals surface area contributed by atoms with E-state index < -0.39 is 10.0 Å². The normalized spacial score (nSPS) is 22.1. The van der Waals surface area contributed by atoms with E-state index >= 15 is 0 Å². The van der Waals surface area contributed by atoms with E-state index in [0.29, 0.717) is 23.4 Å². The van der Waals surface area contributed by atoms with Crippen LogP contribution < -0.4 is 15.5 Å². The summed E-state index contributed by atoms with van der Waals surface area (Å²) < 4.78 is 27.2. The molecule has 2 fully saturated rings. The Labute approximate surface area is 206 Å². The van der Waals surface area contributed by atoms with Crippen LogP contribution in [0.4, 0.5) is 5.69 Å². The maximum absolute atomic E-state index is 13.1. The Hall–Kier alpha value is -2.79. The van der Waals surface area contributed by atoms with Crippen LogP contribution in [0.2, 0.25) is 0 Å². The second kappa shape index (κ2) is 10.4. The van der Waals surface area contributed by atoms with Crippen molar-refractivity contribution in [3.8, 4) is 0 Å². The molecule has 1 saturated carbocycles. The van der Waals surface area contributed by atoms with E-state index in [2.05, 4.69) is 15.5 Å². The number of nitrogens with one attached hydrogen (secondary N) is 3. The van der Waals surface area contributed by atoms with E-state index in [0.717, 1.165) is 12.8 Å². The van der Waals surface area contributed by atoms with Gasteiger partial charge in [-0.3, -0.25) is 14.4 Å². The number of hydrogen-bond donors (Lipinski definition) is 3. The van der Waals surface area contributed by atoms with Crippen molar-refractivity contribution in [2.24, 2.45) is 0 Å². The summed E-state index contributed by atoms with van der Waals surface area (Å²) in [4.78, 5) is 33.1. The average molecular weight is 501 g/mol. The summed E-state index contributed by atoms with van der Waals surface area (Å²) in [6.45, 7) is 6.42. The zero-order chi connectivity index (χ0) is 25.2. The third kappa shape index (κ3) is 6.07. The van der Waals surface area contributed by atoms with Gasteiger partial charge in [0.25, 0.3) is 5.91 Å². The highest BCUT2D eigenvalue weighted by Gasteiger charge is 2.38. The first-order chi connectivity index (χ1) is 16.7. The minimum absolute atomic E-state index is 0.0242. The molecule has 9 nitrogen and oxygen atoms in total. The molecule has 2 aromatic rings. The van der Waals surface area contributed by atoms with Crippen LogP contribution >= 0.6 is 0 Å². The Morgan fingerprint density at radius 3 is 2.26 bits per heavy atom. The lowest BCUT2D eigenvalue weighted by atomic mass is 10.0. The van der Waals surface area contributed by atoms with Crippen LogP contribution in [0, 0.1) is 0 Å². The molecule has 3 unspecified atom stereocenters. The first kappa shape index (κ1) is 25.3. The Morgan fingerprint density at radius 2 is 1.71 bits per heavy atom. The largest absolute Gasteiger partial charge is 0.332 e. The van der Waals surface area contributed by atoms with Gasteiger partial charge in [0.1, 0.15) is 0 Å². The second-order valence-corrected chi connectivity index (χ2v) is 10.9. The quantitative estimate of drug-likeness (QED) is 0.487.